The molecule has 2 amide bonds. The fourth-order valence-electron chi connectivity index (χ4n) is 4.39. The number of nitrogens with one attached hydrogen (secondary N) is 1. The number of carbonyl (C=O) groups excluding carboxylic acids is 3. The van der Waals surface area contributed by atoms with Crippen LogP contribution < -0.4 is 10.1 Å². The SMILES string of the molecule is CCOC(=O)[C@]1(CC)N[C@H](c2ccc(OC)cc2)[C@H]2C(=O)N(CC)C(=O)[C@H]21. The van der Waals surface area contributed by atoms with E-state index < -0.39 is 29.4 Å². The standard InChI is InChI=1S/C20H26N2O5/c1-5-20(19(25)27-7-3)15-14(17(23)22(6-2)18(15)24)16(21-20)12-8-10-13(26-4)11-9-12/h8-11,14-16,21H,5-7H2,1-4H3/t14-,15-,16+,20+/m0/s1. The normalized spacial score (nSPS) is 29.8. The first kappa shape index (κ1) is 19.4. The van der Waals surface area contributed by atoms with Crippen LogP contribution in [0.1, 0.15) is 38.8 Å². The average Bonchev–Trinajstić information content (AvgIpc) is 3.16. The molecule has 146 valence electrons. The summed E-state index contributed by atoms with van der Waals surface area (Å²) < 4.78 is 10.5. The van der Waals surface area contributed by atoms with Gasteiger partial charge in [-0.1, -0.05) is 19.1 Å². The maximum absolute atomic E-state index is 13.0. The third-order valence-corrected chi connectivity index (χ3v) is 5.73. The summed E-state index contributed by atoms with van der Waals surface area (Å²) in [5.74, 6) is -1.70. The third-order valence-electron chi connectivity index (χ3n) is 5.73. The number of fused-ring (bicyclic) bond motifs is 1. The van der Waals surface area contributed by atoms with E-state index in [4.69, 9.17) is 9.47 Å². The Morgan fingerprint density at radius 2 is 1.81 bits per heavy atom. The summed E-state index contributed by atoms with van der Waals surface area (Å²) >= 11 is 0. The van der Waals surface area contributed by atoms with E-state index in [9.17, 15) is 14.4 Å². The fourth-order valence-corrected chi connectivity index (χ4v) is 4.39. The van der Waals surface area contributed by atoms with Gasteiger partial charge < -0.3 is 9.47 Å². The Morgan fingerprint density at radius 1 is 1.15 bits per heavy atom. The van der Waals surface area contributed by atoms with Crippen molar-refractivity contribution in [2.45, 2.75) is 38.8 Å². The summed E-state index contributed by atoms with van der Waals surface area (Å²) in [6, 6.07) is 6.88. The van der Waals surface area contributed by atoms with Gasteiger partial charge in [-0.05, 0) is 38.0 Å². The number of rotatable bonds is 6. The van der Waals surface area contributed by atoms with Crippen molar-refractivity contribution in [1.29, 1.82) is 0 Å². The monoisotopic (exact) mass is 374 g/mol. The molecule has 2 aliphatic rings. The van der Waals surface area contributed by atoms with Crippen LogP contribution in [0.5, 0.6) is 5.75 Å². The fraction of sp³-hybridized carbons (Fsp3) is 0.550. The summed E-state index contributed by atoms with van der Waals surface area (Å²) in [4.78, 5) is 40.2. The van der Waals surface area contributed by atoms with Gasteiger partial charge in [-0.2, -0.15) is 0 Å². The second-order valence-electron chi connectivity index (χ2n) is 6.86. The minimum Gasteiger partial charge on any atom is -0.497 e. The van der Waals surface area contributed by atoms with Crippen molar-refractivity contribution < 1.29 is 23.9 Å². The molecule has 2 fully saturated rings. The highest BCUT2D eigenvalue weighted by Gasteiger charge is 2.67. The minimum absolute atomic E-state index is 0.215. The van der Waals surface area contributed by atoms with Crippen LogP contribution in [0, 0.1) is 11.8 Å². The molecule has 0 aromatic heterocycles. The number of esters is 1. The molecule has 0 bridgehead atoms. The van der Waals surface area contributed by atoms with E-state index in [1.807, 2.05) is 19.1 Å². The highest BCUT2D eigenvalue weighted by Crippen LogP contribution is 2.50. The summed E-state index contributed by atoms with van der Waals surface area (Å²) in [6.45, 7) is 5.85. The Balaban J connectivity index is 2.09. The van der Waals surface area contributed by atoms with E-state index in [1.165, 1.54) is 4.90 Å². The Labute approximate surface area is 159 Å². The number of nitrogens with zero attached hydrogens (tertiary/aromatic N) is 1. The highest BCUT2D eigenvalue weighted by atomic mass is 16.5. The molecular formula is C20H26N2O5. The van der Waals surface area contributed by atoms with E-state index in [1.54, 1.807) is 33.1 Å². The Hall–Kier alpha value is -2.41. The molecule has 27 heavy (non-hydrogen) atoms. The number of amides is 2. The smallest absolute Gasteiger partial charge is 0.327 e. The van der Waals surface area contributed by atoms with Gasteiger partial charge in [-0.15, -0.1) is 0 Å². The Morgan fingerprint density at radius 3 is 2.33 bits per heavy atom. The second-order valence-corrected chi connectivity index (χ2v) is 6.86. The van der Waals surface area contributed by atoms with Crippen LogP contribution in [0.4, 0.5) is 0 Å². The maximum Gasteiger partial charge on any atom is 0.327 e. The van der Waals surface area contributed by atoms with Gasteiger partial charge in [0.05, 0.1) is 25.6 Å². The van der Waals surface area contributed by atoms with Crippen LogP contribution in [0.2, 0.25) is 0 Å². The molecule has 7 nitrogen and oxygen atoms in total. The molecule has 2 heterocycles. The molecule has 0 aliphatic carbocycles. The van der Waals surface area contributed by atoms with Gasteiger partial charge in [0.2, 0.25) is 11.8 Å². The van der Waals surface area contributed by atoms with Crippen LogP contribution in [0.3, 0.4) is 0 Å². The number of carbonyl (C=O) groups is 3. The first-order valence-electron chi connectivity index (χ1n) is 9.39. The molecule has 2 aliphatic heterocycles. The van der Waals surface area contributed by atoms with Gasteiger partial charge in [-0.3, -0.25) is 24.6 Å². The van der Waals surface area contributed by atoms with E-state index >= 15 is 0 Å². The Kier molecular flexibility index (Phi) is 5.24. The quantitative estimate of drug-likeness (QED) is 0.602. The third kappa shape index (κ3) is 2.81. The molecule has 7 heteroatoms. The first-order valence-corrected chi connectivity index (χ1v) is 9.39. The van der Waals surface area contributed by atoms with Crippen LogP contribution in [-0.2, 0) is 19.1 Å². The van der Waals surface area contributed by atoms with Gasteiger partial charge >= 0.3 is 5.97 Å². The Bertz CT molecular complexity index is 747. The van der Waals surface area contributed by atoms with Gasteiger partial charge in [0, 0.05) is 12.6 Å². The van der Waals surface area contributed by atoms with E-state index in [2.05, 4.69) is 5.32 Å². The van der Waals surface area contributed by atoms with Crippen LogP contribution in [-0.4, -0.2) is 48.5 Å². The van der Waals surface area contributed by atoms with E-state index in [0.717, 1.165) is 5.56 Å². The largest absolute Gasteiger partial charge is 0.497 e. The lowest BCUT2D eigenvalue weighted by atomic mass is 9.78. The molecule has 0 spiro atoms. The summed E-state index contributed by atoms with van der Waals surface area (Å²) in [5, 5.41) is 3.32. The van der Waals surface area contributed by atoms with Crippen LogP contribution in [0.25, 0.3) is 0 Å². The first-order chi connectivity index (χ1) is 12.9. The number of likely N-dealkylation sites (tertiary alicyclic amines) is 1. The zero-order valence-electron chi connectivity index (χ0n) is 16.2. The minimum atomic E-state index is -1.21. The topological polar surface area (TPSA) is 84.9 Å². The lowest BCUT2D eigenvalue weighted by Crippen LogP contribution is -2.56. The van der Waals surface area contributed by atoms with Crippen molar-refractivity contribution in [2.24, 2.45) is 11.8 Å². The zero-order valence-corrected chi connectivity index (χ0v) is 16.2. The molecule has 4 atom stereocenters. The number of benzene rings is 1. The van der Waals surface area contributed by atoms with Crippen LogP contribution in [0.15, 0.2) is 24.3 Å². The number of hydrogen-bond acceptors (Lipinski definition) is 6. The van der Waals surface area contributed by atoms with Crippen molar-refractivity contribution in [1.82, 2.24) is 10.2 Å². The number of hydrogen-bond donors (Lipinski definition) is 1. The predicted molar refractivity (Wildman–Crippen MR) is 97.9 cm³/mol. The molecule has 0 saturated carbocycles. The van der Waals surface area contributed by atoms with Gasteiger partial charge in [-0.25, -0.2) is 0 Å². The van der Waals surface area contributed by atoms with Crippen LogP contribution >= 0.6 is 0 Å². The average molecular weight is 374 g/mol. The lowest BCUT2D eigenvalue weighted by molar-refractivity contribution is -0.156. The predicted octanol–water partition coefficient (Wildman–Crippen LogP) is 1.67. The van der Waals surface area contributed by atoms with Crippen molar-refractivity contribution in [3.8, 4) is 5.75 Å². The van der Waals surface area contributed by atoms with Crippen molar-refractivity contribution in [3.63, 3.8) is 0 Å². The number of imide groups is 1. The molecule has 0 radical (unpaired) electrons. The molecule has 1 aromatic carbocycles. The number of methoxy groups -OCH3 is 1. The van der Waals surface area contributed by atoms with E-state index in [0.29, 0.717) is 18.7 Å². The zero-order chi connectivity index (χ0) is 19.8. The maximum atomic E-state index is 13.0. The lowest BCUT2D eigenvalue weighted by Gasteiger charge is -2.31. The van der Waals surface area contributed by atoms with Gasteiger partial charge in [0.15, 0.2) is 0 Å². The van der Waals surface area contributed by atoms with E-state index in [-0.39, 0.29) is 18.4 Å². The van der Waals surface area contributed by atoms with Crippen molar-refractivity contribution >= 4 is 17.8 Å². The van der Waals surface area contributed by atoms with Crippen molar-refractivity contribution in [3.05, 3.63) is 29.8 Å². The highest BCUT2D eigenvalue weighted by molar-refractivity contribution is 6.09. The summed E-state index contributed by atoms with van der Waals surface area (Å²) in [6.07, 6.45) is 0.357. The molecule has 3 rings (SSSR count). The molecule has 0 unspecified atom stereocenters. The molecule has 1 N–H and O–H groups in total. The molecule has 1 aromatic rings. The second kappa shape index (κ2) is 7.31. The molecular weight excluding hydrogens is 348 g/mol. The number of ether oxygens (including phenoxy) is 2. The summed E-state index contributed by atoms with van der Waals surface area (Å²) in [7, 11) is 1.58. The van der Waals surface area contributed by atoms with Crippen molar-refractivity contribution in [2.75, 3.05) is 20.3 Å². The summed E-state index contributed by atoms with van der Waals surface area (Å²) in [5.41, 5.74) is -0.369. The van der Waals surface area contributed by atoms with Gasteiger partial charge in [0.1, 0.15) is 11.3 Å². The molecule has 2 saturated heterocycles. The van der Waals surface area contributed by atoms with Gasteiger partial charge in [0.25, 0.3) is 0 Å².